The van der Waals surface area contributed by atoms with Gasteiger partial charge in [0, 0.05) is 5.92 Å². The zero-order chi connectivity index (χ0) is 12.5. The Hall–Kier alpha value is -1.25. The molecule has 0 saturated carbocycles. The summed E-state index contributed by atoms with van der Waals surface area (Å²) in [4.78, 5) is 0. The summed E-state index contributed by atoms with van der Waals surface area (Å²) in [5.41, 5.74) is 1.75. The molecule has 92 valence electrons. The van der Waals surface area contributed by atoms with Gasteiger partial charge in [-0.1, -0.05) is 23.8 Å². The van der Waals surface area contributed by atoms with Crippen molar-refractivity contribution in [3.63, 3.8) is 0 Å². The predicted octanol–water partition coefficient (Wildman–Crippen LogP) is 4.92. The lowest BCUT2D eigenvalue weighted by atomic mass is 9.86. The van der Waals surface area contributed by atoms with Gasteiger partial charge < -0.3 is 0 Å². The molecule has 0 spiro atoms. The second-order valence-corrected chi connectivity index (χ2v) is 4.63. The van der Waals surface area contributed by atoms with E-state index in [0.717, 1.165) is 24.8 Å². The fourth-order valence-electron chi connectivity index (χ4n) is 2.29. The van der Waals surface area contributed by atoms with Gasteiger partial charge in [-0.05, 0) is 43.9 Å². The summed E-state index contributed by atoms with van der Waals surface area (Å²) in [7, 11) is 0. The van der Waals surface area contributed by atoms with E-state index in [1.807, 2.05) is 0 Å². The summed E-state index contributed by atoms with van der Waals surface area (Å²) in [5, 5.41) is 0. The van der Waals surface area contributed by atoms with Crippen LogP contribution in [0.5, 0.6) is 0 Å². The van der Waals surface area contributed by atoms with Gasteiger partial charge in [0.2, 0.25) is 0 Å². The van der Waals surface area contributed by atoms with Crippen LogP contribution in [0.25, 0.3) is 0 Å². The van der Waals surface area contributed by atoms with Gasteiger partial charge >= 0.3 is 6.18 Å². The van der Waals surface area contributed by atoms with Gasteiger partial charge in [-0.3, -0.25) is 0 Å². The number of rotatable bonds is 1. The van der Waals surface area contributed by atoms with Gasteiger partial charge in [0.05, 0.1) is 5.56 Å². The van der Waals surface area contributed by atoms with Crippen molar-refractivity contribution in [2.45, 2.75) is 38.3 Å². The first kappa shape index (κ1) is 12.2. The third-order valence-corrected chi connectivity index (χ3v) is 3.24. The van der Waals surface area contributed by atoms with Crippen molar-refractivity contribution in [3.8, 4) is 0 Å². The van der Waals surface area contributed by atoms with Crippen LogP contribution in [0.2, 0.25) is 0 Å². The molecule has 3 heteroatoms. The maximum Gasteiger partial charge on any atom is 0.416 e. The molecule has 1 aliphatic carbocycles. The maximum absolute atomic E-state index is 12.4. The number of benzene rings is 1. The summed E-state index contributed by atoms with van der Waals surface area (Å²) < 4.78 is 37.2. The molecule has 0 N–H and O–H groups in total. The number of hydrogen-bond donors (Lipinski definition) is 0. The maximum atomic E-state index is 12.4. The number of hydrogen-bond acceptors (Lipinski definition) is 0. The lowest BCUT2D eigenvalue weighted by molar-refractivity contribution is -0.137. The van der Waals surface area contributed by atoms with Crippen molar-refractivity contribution >= 4 is 0 Å². The van der Waals surface area contributed by atoms with Gasteiger partial charge in [-0.25, -0.2) is 0 Å². The third kappa shape index (κ3) is 2.90. The summed E-state index contributed by atoms with van der Waals surface area (Å²) in [6.07, 6.45) is 1.19. The first-order valence-electron chi connectivity index (χ1n) is 5.81. The van der Waals surface area contributed by atoms with Crippen molar-refractivity contribution in [3.05, 3.63) is 47.0 Å². The molecule has 0 aromatic heterocycles. The topological polar surface area (TPSA) is 0 Å². The van der Waals surface area contributed by atoms with E-state index in [-0.39, 0.29) is 5.92 Å². The quantitative estimate of drug-likeness (QED) is 0.611. The Kier molecular flexibility index (Phi) is 3.27. The Morgan fingerprint density at radius 2 is 1.76 bits per heavy atom. The van der Waals surface area contributed by atoms with E-state index in [4.69, 9.17) is 0 Å². The van der Waals surface area contributed by atoms with Crippen LogP contribution in [0.3, 0.4) is 0 Å². The largest absolute Gasteiger partial charge is 0.416 e. The Bertz CT molecular complexity index is 412. The van der Waals surface area contributed by atoms with Gasteiger partial charge in [-0.15, -0.1) is 0 Å². The van der Waals surface area contributed by atoms with Crippen LogP contribution in [0.15, 0.2) is 35.9 Å². The van der Waals surface area contributed by atoms with Crippen LogP contribution in [-0.2, 0) is 6.18 Å². The normalized spacial score (nSPS) is 21.2. The lowest BCUT2D eigenvalue weighted by Gasteiger charge is -2.20. The van der Waals surface area contributed by atoms with E-state index in [0.29, 0.717) is 0 Å². The van der Waals surface area contributed by atoms with Crippen molar-refractivity contribution < 1.29 is 13.2 Å². The van der Waals surface area contributed by atoms with Gasteiger partial charge in [0.15, 0.2) is 0 Å². The van der Waals surface area contributed by atoms with E-state index in [1.54, 1.807) is 12.1 Å². The number of alkyl halides is 3. The van der Waals surface area contributed by atoms with Crippen molar-refractivity contribution in [2.75, 3.05) is 0 Å². The van der Waals surface area contributed by atoms with E-state index >= 15 is 0 Å². The second-order valence-electron chi connectivity index (χ2n) is 4.63. The molecule has 0 aliphatic heterocycles. The van der Waals surface area contributed by atoms with Crippen LogP contribution in [-0.4, -0.2) is 0 Å². The third-order valence-electron chi connectivity index (χ3n) is 3.24. The smallest absolute Gasteiger partial charge is 0.166 e. The molecule has 2 rings (SSSR count). The van der Waals surface area contributed by atoms with Gasteiger partial charge in [0.1, 0.15) is 0 Å². The van der Waals surface area contributed by atoms with Crippen molar-refractivity contribution in [1.29, 1.82) is 0 Å². The molecule has 0 amide bonds. The fraction of sp³-hybridized carbons (Fsp3) is 0.429. The second kappa shape index (κ2) is 4.55. The summed E-state index contributed by atoms with van der Waals surface area (Å²) >= 11 is 0. The fourth-order valence-corrected chi connectivity index (χ4v) is 2.29. The molecule has 0 radical (unpaired) electrons. The van der Waals surface area contributed by atoms with Gasteiger partial charge in [-0.2, -0.15) is 13.2 Å². The molecule has 0 bridgehead atoms. The molecule has 0 heterocycles. The zero-order valence-electron chi connectivity index (χ0n) is 9.72. The average molecular weight is 240 g/mol. The molecule has 1 aromatic carbocycles. The zero-order valence-corrected chi connectivity index (χ0v) is 9.72. The minimum Gasteiger partial charge on any atom is -0.166 e. The monoisotopic (exact) mass is 240 g/mol. The van der Waals surface area contributed by atoms with Gasteiger partial charge in [0.25, 0.3) is 0 Å². The van der Waals surface area contributed by atoms with Crippen LogP contribution >= 0.6 is 0 Å². The van der Waals surface area contributed by atoms with E-state index < -0.39 is 11.7 Å². The van der Waals surface area contributed by atoms with Crippen molar-refractivity contribution in [2.24, 2.45) is 0 Å². The number of allylic oxidation sites excluding steroid dienone is 2. The van der Waals surface area contributed by atoms with E-state index in [2.05, 4.69) is 13.0 Å². The minimum atomic E-state index is -4.24. The summed E-state index contributed by atoms with van der Waals surface area (Å²) in [6, 6.07) is 5.55. The number of halogens is 3. The molecule has 1 aromatic rings. The molecule has 0 fully saturated rings. The highest BCUT2D eigenvalue weighted by Crippen LogP contribution is 2.33. The average Bonchev–Trinajstić information content (AvgIpc) is 2.28. The lowest BCUT2D eigenvalue weighted by Crippen LogP contribution is -2.06. The minimum absolute atomic E-state index is 0.283. The van der Waals surface area contributed by atoms with Crippen LogP contribution in [0.1, 0.15) is 43.2 Å². The Labute approximate surface area is 99.2 Å². The van der Waals surface area contributed by atoms with E-state index in [9.17, 15) is 13.2 Å². The predicted molar refractivity (Wildman–Crippen MR) is 61.8 cm³/mol. The molecule has 1 aliphatic rings. The molecule has 1 unspecified atom stereocenters. The van der Waals surface area contributed by atoms with Crippen LogP contribution in [0, 0.1) is 0 Å². The Morgan fingerprint density at radius 1 is 1.12 bits per heavy atom. The first-order valence-corrected chi connectivity index (χ1v) is 5.81. The highest BCUT2D eigenvalue weighted by atomic mass is 19.4. The van der Waals surface area contributed by atoms with E-state index in [1.165, 1.54) is 17.7 Å². The highest BCUT2D eigenvalue weighted by molar-refractivity contribution is 5.31. The highest BCUT2D eigenvalue weighted by Gasteiger charge is 2.30. The molecular weight excluding hydrogens is 225 g/mol. The van der Waals surface area contributed by atoms with Crippen molar-refractivity contribution in [1.82, 2.24) is 0 Å². The van der Waals surface area contributed by atoms with Crippen LogP contribution < -0.4 is 0 Å². The molecule has 0 saturated heterocycles. The van der Waals surface area contributed by atoms with Crippen LogP contribution in [0.4, 0.5) is 13.2 Å². The Balaban J connectivity index is 2.21. The summed E-state index contributed by atoms with van der Waals surface area (Å²) in [6.45, 7) is 2.08. The molecular formula is C14H15F3. The Morgan fingerprint density at radius 3 is 2.29 bits per heavy atom. The standard InChI is InChI=1S/C14H15F3/c1-10-3-2-4-12(9-10)11-5-7-13(8-6-11)14(15,16)17/h5-9,12H,2-4H2,1H3. The SMILES string of the molecule is CC1=CC(c2ccc(C(F)(F)F)cc2)CCC1. The summed E-state index contributed by atoms with van der Waals surface area (Å²) in [5.74, 6) is 0.283. The molecule has 17 heavy (non-hydrogen) atoms. The molecule has 0 nitrogen and oxygen atoms in total. The first-order chi connectivity index (χ1) is 7.97. The molecule has 1 atom stereocenters.